The predicted molar refractivity (Wildman–Crippen MR) is 179 cm³/mol. The summed E-state index contributed by atoms with van der Waals surface area (Å²) in [5.41, 5.74) is 1.32. The number of nitrogens with zero attached hydrogens (tertiary/aromatic N) is 3. The van der Waals surface area contributed by atoms with Crippen molar-refractivity contribution in [3.05, 3.63) is 83.0 Å². The van der Waals surface area contributed by atoms with Crippen molar-refractivity contribution in [2.75, 3.05) is 38.0 Å². The Labute approximate surface area is 285 Å². The van der Waals surface area contributed by atoms with Crippen molar-refractivity contribution in [3.8, 4) is 0 Å². The van der Waals surface area contributed by atoms with Crippen molar-refractivity contribution in [2.24, 2.45) is 11.8 Å². The maximum Gasteiger partial charge on any atom is 0.282 e. The number of pyridine rings is 1. The summed E-state index contributed by atoms with van der Waals surface area (Å²) in [5, 5.41) is 8.93. The zero-order chi connectivity index (χ0) is 34.7. The summed E-state index contributed by atoms with van der Waals surface area (Å²) in [4.78, 5) is 31.5. The van der Waals surface area contributed by atoms with Crippen LogP contribution >= 0.6 is 0 Å². The Kier molecular flexibility index (Phi) is 10.9. The number of allylic oxidation sites excluding steroid dienone is 4. The first-order chi connectivity index (χ1) is 23.5. The molecule has 3 heterocycles. The van der Waals surface area contributed by atoms with Crippen LogP contribution in [0.15, 0.2) is 54.6 Å². The molecule has 0 radical (unpaired) electrons. The SMILES string of the molecule is Cc1cc(F)cc([C@H](C2C=CC(F)=CC2)[C@H](NC(=O)C2CC2)C(=O)Nc2cncc(F)c2CC[C@H]2CNCCN2S(=O)(=O)N2CCCC2)c1. The number of benzene rings is 1. The minimum atomic E-state index is -3.68. The first kappa shape index (κ1) is 35.2. The number of aryl methyl sites for hydroxylation is 1. The van der Waals surface area contributed by atoms with Crippen LogP contribution < -0.4 is 16.0 Å². The Morgan fingerprint density at radius 2 is 1.86 bits per heavy atom. The van der Waals surface area contributed by atoms with E-state index in [0.717, 1.165) is 19.0 Å². The Hall–Kier alpha value is -3.59. The van der Waals surface area contributed by atoms with E-state index >= 15 is 4.39 Å². The summed E-state index contributed by atoms with van der Waals surface area (Å²) in [5.74, 6) is -4.09. The average molecular weight is 701 g/mol. The highest BCUT2D eigenvalue weighted by Crippen LogP contribution is 2.38. The minimum Gasteiger partial charge on any atom is -0.343 e. The third kappa shape index (κ3) is 8.25. The summed E-state index contributed by atoms with van der Waals surface area (Å²) >= 11 is 0. The van der Waals surface area contributed by atoms with Gasteiger partial charge in [-0.25, -0.2) is 13.2 Å². The van der Waals surface area contributed by atoms with Crippen molar-refractivity contribution in [3.63, 3.8) is 0 Å². The monoisotopic (exact) mass is 700 g/mol. The van der Waals surface area contributed by atoms with Crippen LogP contribution in [0.25, 0.3) is 0 Å². The number of rotatable bonds is 12. The van der Waals surface area contributed by atoms with E-state index in [-0.39, 0.29) is 42.3 Å². The first-order valence-corrected chi connectivity index (χ1v) is 18.4. The molecule has 3 fully saturated rings. The number of amides is 2. The molecule has 0 bridgehead atoms. The number of hydrogen-bond acceptors (Lipinski definition) is 6. The second kappa shape index (κ2) is 15.1. The Bertz CT molecular complexity index is 1710. The first-order valence-electron chi connectivity index (χ1n) is 17.0. The highest BCUT2D eigenvalue weighted by atomic mass is 32.2. The number of nitrogens with one attached hydrogen (secondary N) is 3. The van der Waals surface area contributed by atoms with E-state index in [0.29, 0.717) is 56.7 Å². The predicted octanol–water partition coefficient (Wildman–Crippen LogP) is 4.26. The van der Waals surface area contributed by atoms with E-state index in [1.807, 2.05) is 0 Å². The van der Waals surface area contributed by atoms with Crippen LogP contribution in [0.3, 0.4) is 0 Å². The number of carbonyl (C=O) groups excluding carboxylic acids is 2. The van der Waals surface area contributed by atoms with Gasteiger partial charge in [-0.3, -0.25) is 14.6 Å². The highest BCUT2D eigenvalue weighted by Gasteiger charge is 2.41. The molecule has 3 N–H and O–H groups in total. The van der Waals surface area contributed by atoms with Gasteiger partial charge >= 0.3 is 0 Å². The van der Waals surface area contributed by atoms with Crippen LogP contribution in [-0.2, 0) is 26.2 Å². The third-order valence-corrected chi connectivity index (χ3v) is 12.0. The summed E-state index contributed by atoms with van der Waals surface area (Å²) < 4.78 is 74.2. The molecule has 49 heavy (non-hydrogen) atoms. The third-order valence-electron chi connectivity index (χ3n) is 9.86. The molecule has 1 aromatic heterocycles. The second-order valence-electron chi connectivity index (χ2n) is 13.5. The van der Waals surface area contributed by atoms with Crippen LogP contribution in [0.2, 0.25) is 0 Å². The molecule has 2 aliphatic heterocycles. The zero-order valence-corrected chi connectivity index (χ0v) is 28.3. The van der Waals surface area contributed by atoms with Crippen molar-refractivity contribution in [1.82, 2.24) is 24.2 Å². The van der Waals surface area contributed by atoms with Gasteiger partial charge in [0.1, 0.15) is 23.5 Å². The number of piperazine rings is 1. The van der Waals surface area contributed by atoms with Gasteiger partial charge in [0, 0.05) is 56.2 Å². The van der Waals surface area contributed by atoms with Crippen LogP contribution in [0, 0.1) is 30.4 Å². The summed E-state index contributed by atoms with van der Waals surface area (Å²) in [7, 11) is -3.68. The molecule has 6 rings (SSSR count). The van der Waals surface area contributed by atoms with Gasteiger partial charge < -0.3 is 16.0 Å². The van der Waals surface area contributed by atoms with E-state index in [4.69, 9.17) is 0 Å². The molecule has 2 aromatic rings. The fourth-order valence-electron chi connectivity index (χ4n) is 7.16. The van der Waals surface area contributed by atoms with Gasteiger partial charge in [-0.2, -0.15) is 17.0 Å². The fourth-order valence-corrected chi connectivity index (χ4v) is 9.06. The van der Waals surface area contributed by atoms with Crippen LogP contribution in [0.4, 0.5) is 18.9 Å². The van der Waals surface area contributed by atoms with Gasteiger partial charge in [-0.15, -0.1) is 0 Å². The maximum atomic E-state index is 15.5. The van der Waals surface area contributed by atoms with Crippen LogP contribution in [0.5, 0.6) is 0 Å². The van der Waals surface area contributed by atoms with E-state index in [1.165, 1.54) is 39.1 Å². The van der Waals surface area contributed by atoms with E-state index in [9.17, 15) is 26.8 Å². The molecule has 2 saturated heterocycles. The number of hydrogen-bond donors (Lipinski definition) is 3. The topological polar surface area (TPSA) is 124 Å². The smallest absolute Gasteiger partial charge is 0.282 e. The molecule has 4 atom stereocenters. The van der Waals surface area contributed by atoms with Gasteiger partial charge in [-0.05, 0) is 93.2 Å². The standard InChI is InChI=1S/C35H43F3N6O4S/c1-22-16-25(18-27(37)17-22)32(23-6-8-26(36)9-7-23)33(42-34(45)24-4-5-24)35(46)41-31-21-40-20-30(38)29(31)11-10-28-19-39-12-15-44(28)49(47,48)43-13-2-3-14-43/h6,8-9,16-18,20-21,23-24,28,32-33,39H,2-5,7,10-15,19H2,1H3,(H,41,46)(H,42,45)/t23?,28-,32-,33-/m0/s1. The lowest BCUT2D eigenvalue weighted by Crippen LogP contribution is -2.57. The molecule has 264 valence electrons. The van der Waals surface area contributed by atoms with Crippen molar-refractivity contribution in [1.29, 1.82) is 0 Å². The van der Waals surface area contributed by atoms with Crippen molar-refractivity contribution < 1.29 is 31.2 Å². The number of aromatic nitrogens is 1. The van der Waals surface area contributed by atoms with Crippen molar-refractivity contribution in [2.45, 2.75) is 69.9 Å². The lowest BCUT2D eigenvalue weighted by Gasteiger charge is -2.37. The lowest BCUT2D eigenvalue weighted by molar-refractivity contribution is -0.128. The Morgan fingerprint density at radius 1 is 1.08 bits per heavy atom. The fraction of sp³-hybridized carbons (Fsp3) is 0.514. The molecule has 1 saturated carbocycles. The number of halogens is 3. The van der Waals surface area contributed by atoms with E-state index in [1.54, 1.807) is 19.1 Å². The largest absolute Gasteiger partial charge is 0.343 e. The lowest BCUT2D eigenvalue weighted by atomic mass is 9.76. The molecule has 2 aliphatic carbocycles. The molecule has 1 aromatic carbocycles. The van der Waals surface area contributed by atoms with Gasteiger partial charge in [0.05, 0.1) is 18.1 Å². The molecular formula is C35H43F3N6O4S. The Morgan fingerprint density at radius 3 is 2.55 bits per heavy atom. The molecule has 2 amide bonds. The van der Waals surface area contributed by atoms with Crippen LogP contribution in [0.1, 0.15) is 61.1 Å². The highest BCUT2D eigenvalue weighted by molar-refractivity contribution is 7.86. The number of anilines is 1. The molecule has 14 heteroatoms. The van der Waals surface area contributed by atoms with Crippen LogP contribution in [-0.4, -0.2) is 78.6 Å². The van der Waals surface area contributed by atoms with E-state index in [2.05, 4.69) is 20.9 Å². The summed E-state index contributed by atoms with van der Waals surface area (Å²) in [6, 6.07) is 2.76. The zero-order valence-electron chi connectivity index (χ0n) is 27.5. The van der Waals surface area contributed by atoms with Gasteiger partial charge in [-0.1, -0.05) is 12.1 Å². The quantitative estimate of drug-likeness (QED) is 0.304. The molecular weight excluding hydrogens is 657 g/mol. The molecule has 0 spiro atoms. The Balaban J connectivity index is 1.28. The average Bonchev–Trinajstić information content (AvgIpc) is 3.77. The minimum absolute atomic E-state index is 0.0905. The normalized spacial score (nSPS) is 23.1. The van der Waals surface area contributed by atoms with E-state index < -0.39 is 57.5 Å². The number of carbonyl (C=O) groups is 2. The van der Waals surface area contributed by atoms with Gasteiger partial charge in [0.15, 0.2) is 0 Å². The molecule has 4 aliphatic rings. The summed E-state index contributed by atoms with van der Waals surface area (Å²) in [6.07, 6.45) is 10.3. The summed E-state index contributed by atoms with van der Waals surface area (Å²) in [6.45, 7) is 3.88. The maximum absolute atomic E-state index is 15.5. The van der Waals surface area contributed by atoms with Gasteiger partial charge in [0.25, 0.3) is 10.2 Å². The van der Waals surface area contributed by atoms with Gasteiger partial charge in [0.2, 0.25) is 11.8 Å². The molecule has 10 nitrogen and oxygen atoms in total. The second-order valence-corrected chi connectivity index (χ2v) is 15.3. The van der Waals surface area contributed by atoms with Crippen molar-refractivity contribution >= 4 is 27.7 Å². The molecule has 1 unspecified atom stereocenters.